The first-order chi connectivity index (χ1) is 9.22. The van der Waals surface area contributed by atoms with Gasteiger partial charge in [-0.05, 0) is 37.3 Å². The molecule has 1 aromatic rings. The molecule has 0 aromatic carbocycles. The molecule has 1 amide bonds. The highest BCUT2D eigenvalue weighted by molar-refractivity contribution is 5.98. The number of hydrogen-bond acceptors (Lipinski definition) is 3. The fourth-order valence-corrected chi connectivity index (χ4v) is 2.34. The van der Waals surface area contributed by atoms with E-state index in [-0.39, 0.29) is 5.91 Å². The van der Waals surface area contributed by atoms with Crippen LogP contribution in [-0.4, -0.2) is 35.4 Å². The lowest BCUT2D eigenvalue weighted by molar-refractivity contribution is 0.0698. The maximum atomic E-state index is 12.5. The monoisotopic (exact) mass is 261 g/mol. The highest BCUT2D eigenvalue weighted by Gasteiger charge is 2.23. The first-order valence-electron chi connectivity index (χ1n) is 7.20. The normalized spacial score (nSPS) is 16.4. The van der Waals surface area contributed by atoms with Gasteiger partial charge in [-0.2, -0.15) is 0 Å². The summed E-state index contributed by atoms with van der Waals surface area (Å²) >= 11 is 0. The lowest BCUT2D eigenvalue weighted by atomic mass is 9.98. The predicted molar refractivity (Wildman–Crippen MR) is 77.3 cm³/mol. The third-order valence-corrected chi connectivity index (χ3v) is 3.65. The minimum Gasteiger partial charge on any atom is -0.369 e. The van der Waals surface area contributed by atoms with Gasteiger partial charge >= 0.3 is 0 Å². The number of likely N-dealkylation sites (tertiary alicyclic amines) is 1. The summed E-state index contributed by atoms with van der Waals surface area (Å²) in [5.41, 5.74) is 0.700. The molecule has 4 heteroatoms. The Morgan fingerprint density at radius 3 is 2.89 bits per heavy atom. The molecule has 2 heterocycles. The van der Waals surface area contributed by atoms with Gasteiger partial charge in [0.25, 0.3) is 5.91 Å². The van der Waals surface area contributed by atoms with Crippen molar-refractivity contribution in [3.8, 4) is 0 Å². The molecule has 19 heavy (non-hydrogen) atoms. The average molecular weight is 261 g/mol. The van der Waals surface area contributed by atoms with E-state index in [0.29, 0.717) is 11.4 Å². The van der Waals surface area contributed by atoms with E-state index < -0.39 is 0 Å². The number of carbonyl (C=O) groups is 1. The third kappa shape index (κ3) is 3.46. The minimum atomic E-state index is 0.110. The van der Waals surface area contributed by atoms with Gasteiger partial charge in [-0.1, -0.05) is 13.8 Å². The molecule has 1 aliphatic heterocycles. The van der Waals surface area contributed by atoms with Gasteiger partial charge in [-0.25, -0.2) is 4.98 Å². The van der Waals surface area contributed by atoms with E-state index in [0.717, 1.165) is 44.8 Å². The number of carbonyl (C=O) groups excluding carboxylic acids is 1. The number of nitrogens with zero attached hydrogens (tertiary/aromatic N) is 2. The van der Waals surface area contributed by atoms with E-state index in [1.807, 2.05) is 17.0 Å². The standard InChI is InChI=1S/C15H23N3O/c1-3-8-16-14-13(5-4-9-17-14)15(19)18-10-6-12(2)7-11-18/h4-5,9,12H,3,6-8,10-11H2,1-2H3,(H,16,17). The van der Waals surface area contributed by atoms with Crippen molar-refractivity contribution in [2.45, 2.75) is 33.1 Å². The van der Waals surface area contributed by atoms with Crippen molar-refractivity contribution in [1.29, 1.82) is 0 Å². The molecular formula is C15H23N3O. The number of amides is 1. The van der Waals surface area contributed by atoms with Gasteiger partial charge in [0.1, 0.15) is 5.82 Å². The SMILES string of the molecule is CCCNc1ncccc1C(=O)N1CCC(C)CC1. The highest BCUT2D eigenvalue weighted by atomic mass is 16.2. The highest BCUT2D eigenvalue weighted by Crippen LogP contribution is 2.20. The van der Waals surface area contributed by atoms with Gasteiger partial charge in [0.2, 0.25) is 0 Å². The van der Waals surface area contributed by atoms with Crippen LogP contribution in [-0.2, 0) is 0 Å². The number of rotatable bonds is 4. The number of aromatic nitrogens is 1. The van der Waals surface area contributed by atoms with Crippen molar-refractivity contribution in [2.24, 2.45) is 5.92 Å². The summed E-state index contributed by atoms with van der Waals surface area (Å²) in [6.45, 7) is 6.92. The van der Waals surface area contributed by atoms with E-state index >= 15 is 0 Å². The van der Waals surface area contributed by atoms with E-state index in [1.54, 1.807) is 6.20 Å². The summed E-state index contributed by atoms with van der Waals surface area (Å²) in [6.07, 6.45) is 4.95. The van der Waals surface area contributed by atoms with Crippen molar-refractivity contribution < 1.29 is 4.79 Å². The average Bonchev–Trinajstić information content (AvgIpc) is 2.45. The van der Waals surface area contributed by atoms with Crippen LogP contribution in [0, 0.1) is 5.92 Å². The lowest BCUT2D eigenvalue weighted by Crippen LogP contribution is -2.38. The quantitative estimate of drug-likeness (QED) is 0.906. The third-order valence-electron chi connectivity index (χ3n) is 3.65. The molecule has 0 atom stereocenters. The lowest BCUT2D eigenvalue weighted by Gasteiger charge is -2.30. The van der Waals surface area contributed by atoms with Crippen LogP contribution in [0.4, 0.5) is 5.82 Å². The zero-order valence-electron chi connectivity index (χ0n) is 11.9. The van der Waals surface area contributed by atoms with E-state index in [4.69, 9.17) is 0 Å². The Labute approximate surface area is 115 Å². The summed E-state index contributed by atoms with van der Waals surface area (Å²) in [5, 5.41) is 3.23. The Balaban J connectivity index is 2.09. The van der Waals surface area contributed by atoms with Crippen LogP contribution in [0.3, 0.4) is 0 Å². The van der Waals surface area contributed by atoms with Gasteiger partial charge in [0.15, 0.2) is 0 Å². The van der Waals surface area contributed by atoms with Crippen LogP contribution in [0.25, 0.3) is 0 Å². The fourth-order valence-electron chi connectivity index (χ4n) is 2.34. The van der Waals surface area contributed by atoms with Crippen molar-refractivity contribution in [1.82, 2.24) is 9.88 Å². The van der Waals surface area contributed by atoms with E-state index in [1.165, 1.54) is 0 Å². The van der Waals surface area contributed by atoms with Crippen LogP contribution >= 0.6 is 0 Å². The molecule has 1 aromatic heterocycles. The van der Waals surface area contributed by atoms with Crippen molar-refractivity contribution in [2.75, 3.05) is 25.0 Å². The van der Waals surface area contributed by atoms with Gasteiger partial charge in [0, 0.05) is 25.8 Å². The molecule has 1 fully saturated rings. The molecule has 1 saturated heterocycles. The number of anilines is 1. The summed E-state index contributed by atoms with van der Waals surface area (Å²) in [5.74, 6) is 1.56. The molecule has 0 bridgehead atoms. The Morgan fingerprint density at radius 2 is 2.21 bits per heavy atom. The number of hydrogen-bond donors (Lipinski definition) is 1. The molecular weight excluding hydrogens is 238 g/mol. The van der Waals surface area contributed by atoms with Crippen LogP contribution in [0.15, 0.2) is 18.3 Å². The van der Waals surface area contributed by atoms with Gasteiger partial charge in [-0.3, -0.25) is 4.79 Å². The van der Waals surface area contributed by atoms with Gasteiger partial charge in [-0.15, -0.1) is 0 Å². The van der Waals surface area contributed by atoms with Crippen molar-refractivity contribution in [3.63, 3.8) is 0 Å². The van der Waals surface area contributed by atoms with Crippen LogP contribution < -0.4 is 5.32 Å². The zero-order chi connectivity index (χ0) is 13.7. The first-order valence-corrected chi connectivity index (χ1v) is 7.20. The first kappa shape index (κ1) is 13.8. The van der Waals surface area contributed by atoms with Gasteiger partial charge in [0.05, 0.1) is 5.56 Å². The summed E-state index contributed by atoms with van der Waals surface area (Å²) in [6, 6.07) is 3.70. The Bertz CT molecular complexity index is 425. The van der Waals surface area contributed by atoms with E-state index in [2.05, 4.69) is 24.1 Å². The molecule has 0 aliphatic carbocycles. The molecule has 2 rings (SSSR count). The van der Waals surface area contributed by atoms with Crippen molar-refractivity contribution >= 4 is 11.7 Å². The minimum absolute atomic E-state index is 0.110. The summed E-state index contributed by atoms with van der Waals surface area (Å²) in [7, 11) is 0. The maximum Gasteiger partial charge on any atom is 0.257 e. The molecule has 1 aliphatic rings. The summed E-state index contributed by atoms with van der Waals surface area (Å²) in [4.78, 5) is 18.8. The maximum absolute atomic E-state index is 12.5. The van der Waals surface area contributed by atoms with E-state index in [9.17, 15) is 4.79 Å². The predicted octanol–water partition coefficient (Wildman–Crippen LogP) is 2.78. The topological polar surface area (TPSA) is 45.2 Å². The largest absolute Gasteiger partial charge is 0.369 e. The second kappa shape index (κ2) is 6.55. The molecule has 1 N–H and O–H groups in total. The molecule has 0 radical (unpaired) electrons. The smallest absolute Gasteiger partial charge is 0.257 e. The molecule has 0 spiro atoms. The molecule has 4 nitrogen and oxygen atoms in total. The fraction of sp³-hybridized carbons (Fsp3) is 0.600. The van der Waals surface area contributed by atoms with Crippen LogP contribution in [0.5, 0.6) is 0 Å². The summed E-state index contributed by atoms with van der Waals surface area (Å²) < 4.78 is 0. The Morgan fingerprint density at radius 1 is 1.47 bits per heavy atom. The number of nitrogens with one attached hydrogen (secondary N) is 1. The van der Waals surface area contributed by atoms with Gasteiger partial charge < -0.3 is 10.2 Å². The molecule has 104 valence electrons. The zero-order valence-corrected chi connectivity index (χ0v) is 11.9. The molecule has 0 unspecified atom stereocenters. The van der Waals surface area contributed by atoms with Crippen LogP contribution in [0.2, 0.25) is 0 Å². The number of pyridine rings is 1. The number of piperidine rings is 1. The second-order valence-electron chi connectivity index (χ2n) is 5.30. The Hall–Kier alpha value is -1.58. The Kier molecular flexibility index (Phi) is 4.77. The van der Waals surface area contributed by atoms with Crippen molar-refractivity contribution in [3.05, 3.63) is 23.9 Å². The molecule has 0 saturated carbocycles. The van der Waals surface area contributed by atoms with Crippen LogP contribution in [0.1, 0.15) is 43.5 Å². The second-order valence-corrected chi connectivity index (χ2v) is 5.30.